The van der Waals surface area contributed by atoms with Crippen LogP contribution in [-0.2, 0) is 23.9 Å². The van der Waals surface area contributed by atoms with E-state index in [0.717, 1.165) is 44.9 Å². The fourth-order valence-electron chi connectivity index (χ4n) is 8.86. The van der Waals surface area contributed by atoms with E-state index in [9.17, 15) is 19.2 Å². The highest BCUT2D eigenvalue weighted by molar-refractivity contribution is 5.92. The summed E-state index contributed by atoms with van der Waals surface area (Å²) in [5.74, 6) is 1.40. The lowest BCUT2D eigenvalue weighted by Crippen LogP contribution is -2.51. The molecule has 4 rings (SSSR count). The lowest BCUT2D eigenvalue weighted by Gasteiger charge is -2.58. The lowest BCUT2D eigenvalue weighted by atomic mass is 9.47. The molecule has 4 aliphatic carbocycles. The SMILES string of the molecule is CC(=O)NC[C@H](C)CCC(=O)[C@@H](C)[C@H]1C(=O)CC2[C@@H]3CC=C4C[C@@H](OC(C)=O)CC[C@]4(C)C3CC[C@@]21C. The van der Waals surface area contributed by atoms with E-state index in [0.29, 0.717) is 42.9 Å². The summed E-state index contributed by atoms with van der Waals surface area (Å²) in [4.78, 5) is 49.5. The number of Topliss-reactive ketones (excluding diaryl/α,β-unsaturated/α-hetero) is 2. The van der Waals surface area contributed by atoms with Crippen molar-refractivity contribution in [3.63, 3.8) is 0 Å². The molecule has 4 aliphatic rings. The Morgan fingerprint density at radius 2 is 1.81 bits per heavy atom. The summed E-state index contributed by atoms with van der Waals surface area (Å²) in [6, 6.07) is 0. The number of amides is 1. The quantitative estimate of drug-likeness (QED) is 0.345. The van der Waals surface area contributed by atoms with E-state index in [1.165, 1.54) is 19.4 Å². The minimum Gasteiger partial charge on any atom is -0.462 e. The normalized spacial score (nSPS) is 38.4. The molecule has 0 radical (unpaired) electrons. The zero-order valence-corrected chi connectivity index (χ0v) is 23.7. The predicted molar refractivity (Wildman–Crippen MR) is 142 cm³/mol. The first-order valence-corrected chi connectivity index (χ1v) is 14.5. The molecule has 0 bridgehead atoms. The van der Waals surface area contributed by atoms with Gasteiger partial charge in [-0.2, -0.15) is 0 Å². The maximum Gasteiger partial charge on any atom is 0.302 e. The van der Waals surface area contributed by atoms with Gasteiger partial charge in [0.05, 0.1) is 0 Å². The molecule has 0 heterocycles. The number of esters is 1. The number of carbonyl (C=O) groups excluding carboxylic acids is 4. The summed E-state index contributed by atoms with van der Waals surface area (Å²) in [6.45, 7) is 12.3. The molecule has 1 N–H and O–H groups in total. The molecule has 9 atom stereocenters. The van der Waals surface area contributed by atoms with Gasteiger partial charge in [0, 0.05) is 51.5 Å². The van der Waals surface area contributed by atoms with Crippen LogP contribution in [0, 0.1) is 46.3 Å². The molecule has 0 spiro atoms. The summed E-state index contributed by atoms with van der Waals surface area (Å²) in [5.41, 5.74) is 1.45. The van der Waals surface area contributed by atoms with Gasteiger partial charge in [0.25, 0.3) is 0 Å². The van der Waals surface area contributed by atoms with Gasteiger partial charge in [-0.05, 0) is 73.0 Å². The van der Waals surface area contributed by atoms with Gasteiger partial charge in [-0.25, -0.2) is 0 Å². The van der Waals surface area contributed by atoms with Gasteiger partial charge in [0.2, 0.25) is 5.91 Å². The third kappa shape index (κ3) is 5.31. The van der Waals surface area contributed by atoms with E-state index in [2.05, 4.69) is 32.2 Å². The highest BCUT2D eigenvalue weighted by Crippen LogP contribution is 2.66. The molecular weight excluding hydrogens is 466 g/mol. The predicted octanol–water partition coefficient (Wildman–Crippen LogP) is 5.43. The number of ether oxygens (including phenoxy) is 1. The van der Waals surface area contributed by atoms with Gasteiger partial charge in [0.1, 0.15) is 17.7 Å². The van der Waals surface area contributed by atoms with E-state index >= 15 is 0 Å². The molecular formula is C31H47NO5. The second kappa shape index (κ2) is 10.6. The first-order valence-electron chi connectivity index (χ1n) is 14.5. The first kappa shape index (κ1) is 28.0. The zero-order chi connectivity index (χ0) is 27.1. The van der Waals surface area contributed by atoms with E-state index in [-0.39, 0.29) is 52.3 Å². The molecule has 0 aromatic heterocycles. The van der Waals surface area contributed by atoms with Gasteiger partial charge < -0.3 is 10.1 Å². The van der Waals surface area contributed by atoms with Crippen LogP contribution in [0.25, 0.3) is 0 Å². The smallest absolute Gasteiger partial charge is 0.302 e. The number of rotatable bonds is 8. The Kier molecular flexibility index (Phi) is 8.07. The van der Waals surface area contributed by atoms with Crippen molar-refractivity contribution in [2.24, 2.45) is 46.3 Å². The van der Waals surface area contributed by atoms with Crippen molar-refractivity contribution in [2.75, 3.05) is 6.54 Å². The molecule has 6 heteroatoms. The molecule has 0 aromatic rings. The van der Waals surface area contributed by atoms with Crippen LogP contribution in [0.5, 0.6) is 0 Å². The highest BCUT2D eigenvalue weighted by Gasteiger charge is 2.62. The summed E-state index contributed by atoms with van der Waals surface area (Å²) >= 11 is 0. The van der Waals surface area contributed by atoms with Crippen LogP contribution in [0.2, 0.25) is 0 Å². The minimum atomic E-state index is -0.253. The van der Waals surface area contributed by atoms with Crippen molar-refractivity contribution in [2.45, 2.75) is 105 Å². The van der Waals surface area contributed by atoms with E-state index in [1.807, 2.05) is 6.92 Å². The number of fused-ring (bicyclic) bond motifs is 5. The van der Waals surface area contributed by atoms with Crippen molar-refractivity contribution in [3.8, 4) is 0 Å². The third-order valence-electron chi connectivity index (χ3n) is 10.9. The summed E-state index contributed by atoms with van der Waals surface area (Å²) in [5, 5.41) is 2.83. The third-order valence-corrected chi connectivity index (χ3v) is 10.9. The summed E-state index contributed by atoms with van der Waals surface area (Å²) in [6.07, 6.45) is 10.1. The standard InChI is InChI=1S/C31H47NO5/c1-18(17-32-20(3)33)7-10-27(35)19(2)29-28(36)16-26-24-9-8-22-15-23(37-21(4)34)11-13-30(22,5)25(24)12-14-31(26,29)6/h8,18-19,23-26,29H,7,9-17H2,1-6H3,(H,32,33)/t18-,19-,23+,24-,25?,26?,29+,30+,31+/m1/s1. The number of hydrogen-bond acceptors (Lipinski definition) is 5. The minimum absolute atomic E-state index is 0.00695. The van der Waals surface area contributed by atoms with Crippen molar-refractivity contribution < 1.29 is 23.9 Å². The van der Waals surface area contributed by atoms with Gasteiger partial charge in [-0.3, -0.25) is 19.2 Å². The maximum atomic E-state index is 13.5. The number of nitrogens with one attached hydrogen (secondary N) is 1. The molecule has 1 amide bonds. The molecule has 37 heavy (non-hydrogen) atoms. The van der Waals surface area contributed by atoms with Crippen LogP contribution in [0.15, 0.2) is 11.6 Å². The van der Waals surface area contributed by atoms with Crippen LogP contribution in [0.4, 0.5) is 0 Å². The van der Waals surface area contributed by atoms with Crippen LogP contribution < -0.4 is 5.32 Å². The molecule has 0 aliphatic heterocycles. The monoisotopic (exact) mass is 513 g/mol. The van der Waals surface area contributed by atoms with Gasteiger partial charge in [-0.1, -0.05) is 39.3 Å². The largest absolute Gasteiger partial charge is 0.462 e. The van der Waals surface area contributed by atoms with Crippen LogP contribution in [0.3, 0.4) is 0 Å². The van der Waals surface area contributed by atoms with Crippen LogP contribution in [-0.4, -0.2) is 36.1 Å². The van der Waals surface area contributed by atoms with E-state index < -0.39 is 0 Å². The average molecular weight is 514 g/mol. The molecule has 3 fully saturated rings. The zero-order valence-electron chi connectivity index (χ0n) is 23.7. The van der Waals surface area contributed by atoms with Crippen LogP contribution >= 0.6 is 0 Å². The van der Waals surface area contributed by atoms with E-state index in [1.54, 1.807) is 0 Å². The maximum absolute atomic E-state index is 13.5. The Labute approximate surface area is 222 Å². The van der Waals surface area contributed by atoms with Gasteiger partial charge in [0.15, 0.2) is 0 Å². The Hall–Kier alpha value is -1.98. The Bertz CT molecular complexity index is 971. The Morgan fingerprint density at radius 1 is 1.08 bits per heavy atom. The molecule has 3 saturated carbocycles. The fourth-order valence-corrected chi connectivity index (χ4v) is 8.86. The number of carbonyl (C=O) groups is 4. The number of allylic oxidation sites excluding steroid dienone is 1. The molecule has 0 aromatic carbocycles. The highest BCUT2D eigenvalue weighted by atomic mass is 16.5. The number of hydrogen-bond donors (Lipinski definition) is 1. The second-order valence-electron chi connectivity index (χ2n) is 13.3. The number of ketones is 2. The summed E-state index contributed by atoms with van der Waals surface area (Å²) in [7, 11) is 0. The average Bonchev–Trinajstić information content (AvgIpc) is 3.10. The van der Waals surface area contributed by atoms with Crippen molar-refractivity contribution in [3.05, 3.63) is 11.6 Å². The Morgan fingerprint density at radius 3 is 2.49 bits per heavy atom. The fraction of sp³-hybridized carbons (Fsp3) is 0.806. The van der Waals surface area contributed by atoms with Crippen molar-refractivity contribution in [1.29, 1.82) is 0 Å². The Balaban J connectivity index is 1.45. The van der Waals surface area contributed by atoms with Crippen molar-refractivity contribution in [1.82, 2.24) is 5.32 Å². The molecule has 0 saturated heterocycles. The molecule has 6 nitrogen and oxygen atoms in total. The van der Waals surface area contributed by atoms with Crippen LogP contribution in [0.1, 0.15) is 99.3 Å². The summed E-state index contributed by atoms with van der Waals surface area (Å²) < 4.78 is 5.57. The molecule has 2 unspecified atom stereocenters. The molecule has 206 valence electrons. The lowest BCUT2D eigenvalue weighted by molar-refractivity contribution is -0.148. The van der Waals surface area contributed by atoms with E-state index in [4.69, 9.17) is 4.74 Å². The van der Waals surface area contributed by atoms with Crippen molar-refractivity contribution >= 4 is 23.4 Å². The second-order valence-corrected chi connectivity index (χ2v) is 13.3. The first-order chi connectivity index (χ1) is 17.4. The van der Waals surface area contributed by atoms with Gasteiger partial charge >= 0.3 is 5.97 Å². The topological polar surface area (TPSA) is 89.5 Å². The van der Waals surface area contributed by atoms with Gasteiger partial charge in [-0.15, -0.1) is 0 Å².